The van der Waals surface area contributed by atoms with Gasteiger partial charge in [0.2, 0.25) is 0 Å². The zero-order valence-electron chi connectivity index (χ0n) is 12.5. The molecule has 0 aliphatic carbocycles. The third-order valence-electron chi connectivity index (χ3n) is 3.97. The van der Waals surface area contributed by atoms with Crippen LogP contribution in [0, 0.1) is 5.41 Å². The first-order valence-corrected chi connectivity index (χ1v) is 7.06. The number of rotatable bonds is 3. The highest BCUT2D eigenvalue weighted by molar-refractivity contribution is 6.01. The number of amidine groups is 1. The number of aliphatic imine (C=N–C) groups is 2. The maximum absolute atomic E-state index is 4.11. The van der Waals surface area contributed by atoms with Crippen molar-refractivity contribution in [2.45, 2.75) is 26.7 Å². The van der Waals surface area contributed by atoms with Gasteiger partial charge in [0.15, 0.2) is 5.84 Å². The number of nitrogens with zero attached hydrogens (tertiary/aromatic N) is 3. The van der Waals surface area contributed by atoms with E-state index in [0.717, 1.165) is 18.7 Å². The molecule has 2 rings (SSSR count). The van der Waals surface area contributed by atoms with Gasteiger partial charge in [0.05, 0.1) is 0 Å². The zero-order chi connectivity index (χ0) is 14.6. The second kappa shape index (κ2) is 6.04. The number of benzene rings is 1. The van der Waals surface area contributed by atoms with Crippen LogP contribution in [0.3, 0.4) is 0 Å². The van der Waals surface area contributed by atoms with E-state index in [9.17, 15) is 0 Å². The Kier molecular flexibility index (Phi) is 4.38. The lowest BCUT2D eigenvalue weighted by Gasteiger charge is -2.38. The molecule has 1 aromatic rings. The lowest BCUT2D eigenvalue weighted by atomic mass is 9.82. The van der Waals surface area contributed by atoms with Gasteiger partial charge in [-0.05, 0) is 49.2 Å². The Morgan fingerprint density at radius 3 is 2.30 bits per heavy atom. The summed E-state index contributed by atoms with van der Waals surface area (Å²) in [5, 5.41) is 0. The van der Waals surface area contributed by atoms with Gasteiger partial charge in [-0.25, -0.2) is 9.98 Å². The monoisotopic (exact) mass is 269 g/mol. The molecule has 0 amide bonds. The number of hydrogen-bond donors (Lipinski definition) is 0. The number of hydrogen-bond acceptors (Lipinski definition) is 2. The van der Waals surface area contributed by atoms with Crippen LogP contribution >= 0.6 is 0 Å². The van der Waals surface area contributed by atoms with Crippen molar-refractivity contribution in [2.75, 3.05) is 18.0 Å². The summed E-state index contributed by atoms with van der Waals surface area (Å²) in [5.41, 5.74) is 2.72. The van der Waals surface area contributed by atoms with Crippen molar-refractivity contribution in [3.8, 4) is 0 Å². The van der Waals surface area contributed by atoms with Crippen molar-refractivity contribution < 1.29 is 0 Å². The summed E-state index contributed by atoms with van der Waals surface area (Å²) in [6.07, 6.45) is 3.98. The van der Waals surface area contributed by atoms with Gasteiger partial charge in [-0.1, -0.05) is 20.4 Å². The minimum absolute atomic E-state index is 0.479. The fourth-order valence-electron chi connectivity index (χ4n) is 2.48. The lowest BCUT2D eigenvalue weighted by Crippen LogP contribution is -2.37. The zero-order valence-corrected chi connectivity index (χ0v) is 12.5. The molecule has 20 heavy (non-hydrogen) atoms. The molecule has 3 heteroatoms. The maximum Gasteiger partial charge on any atom is 0.158 e. The molecule has 106 valence electrons. The third kappa shape index (κ3) is 3.35. The molecule has 0 unspecified atom stereocenters. The van der Waals surface area contributed by atoms with Crippen LogP contribution in [0.1, 0.15) is 32.3 Å². The largest absolute Gasteiger partial charge is 0.371 e. The highest BCUT2D eigenvalue weighted by atomic mass is 15.1. The van der Waals surface area contributed by atoms with E-state index >= 15 is 0 Å². The summed E-state index contributed by atoms with van der Waals surface area (Å²) in [5.74, 6) is 0.617. The van der Waals surface area contributed by atoms with Crippen LogP contribution < -0.4 is 4.90 Å². The molecule has 0 spiro atoms. The molecule has 1 heterocycles. The molecule has 0 saturated carbocycles. The Labute approximate surface area is 121 Å². The standard InChI is InChI=1S/C17H23N3/c1-5-19-16(18-4)14-6-8-15(9-7-14)20-12-10-17(2,3)11-13-20/h5-9H,1,4,10-13H2,2-3H3. The number of anilines is 1. The molecule has 1 aromatic carbocycles. The van der Waals surface area contributed by atoms with E-state index in [1.807, 2.05) is 12.1 Å². The topological polar surface area (TPSA) is 28.0 Å². The molecule has 3 nitrogen and oxygen atoms in total. The Bertz CT molecular complexity index is 502. The summed E-state index contributed by atoms with van der Waals surface area (Å²) in [6.45, 7) is 14.1. The smallest absolute Gasteiger partial charge is 0.158 e. The molecule has 0 radical (unpaired) electrons. The lowest BCUT2D eigenvalue weighted by molar-refractivity contribution is 0.280. The molecule has 0 atom stereocenters. The minimum atomic E-state index is 0.479. The van der Waals surface area contributed by atoms with Crippen molar-refractivity contribution in [1.29, 1.82) is 0 Å². The van der Waals surface area contributed by atoms with Crippen molar-refractivity contribution in [1.82, 2.24) is 0 Å². The molecule has 0 aromatic heterocycles. The summed E-state index contributed by atoms with van der Waals surface area (Å²) < 4.78 is 0. The van der Waals surface area contributed by atoms with Crippen LogP contribution in [0.25, 0.3) is 0 Å². The first kappa shape index (κ1) is 14.5. The Balaban J connectivity index is 2.11. The number of piperidine rings is 1. The molecule has 1 fully saturated rings. The van der Waals surface area contributed by atoms with Crippen LogP contribution in [0.15, 0.2) is 47.0 Å². The average Bonchev–Trinajstić information content (AvgIpc) is 2.45. The Morgan fingerprint density at radius 1 is 1.20 bits per heavy atom. The van der Waals surface area contributed by atoms with Gasteiger partial charge in [0.25, 0.3) is 0 Å². The molecular weight excluding hydrogens is 246 g/mol. The molecular formula is C17H23N3. The minimum Gasteiger partial charge on any atom is -0.371 e. The van der Waals surface area contributed by atoms with Crippen molar-refractivity contribution in [3.05, 3.63) is 42.6 Å². The van der Waals surface area contributed by atoms with Gasteiger partial charge in [-0.2, -0.15) is 0 Å². The van der Waals surface area contributed by atoms with Crippen LogP contribution in [0.2, 0.25) is 0 Å². The van der Waals surface area contributed by atoms with Crippen molar-refractivity contribution >= 4 is 18.2 Å². The molecule has 1 aliphatic heterocycles. The predicted octanol–water partition coefficient (Wildman–Crippen LogP) is 3.90. The van der Waals surface area contributed by atoms with E-state index in [4.69, 9.17) is 0 Å². The average molecular weight is 269 g/mol. The fourth-order valence-corrected chi connectivity index (χ4v) is 2.48. The fraction of sp³-hybridized carbons (Fsp3) is 0.412. The summed E-state index contributed by atoms with van der Waals surface area (Å²) >= 11 is 0. The van der Waals surface area contributed by atoms with Crippen molar-refractivity contribution in [2.24, 2.45) is 15.4 Å². The van der Waals surface area contributed by atoms with Crippen LogP contribution in [-0.4, -0.2) is 25.6 Å². The maximum atomic E-state index is 4.11. The molecule has 1 saturated heterocycles. The normalized spacial score (nSPS) is 18.7. The van der Waals surface area contributed by atoms with E-state index in [2.05, 4.69) is 54.2 Å². The highest BCUT2D eigenvalue weighted by Crippen LogP contribution is 2.32. The van der Waals surface area contributed by atoms with E-state index in [1.54, 1.807) is 0 Å². The first-order valence-electron chi connectivity index (χ1n) is 7.06. The van der Waals surface area contributed by atoms with Gasteiger partial charge in [0.1, 0.15) is 0 Å². The van der Waals surface area contributed by atoms with E-state index < -0.39 is 0 Å². The van der Waals surface area contributed by atoms with Gasteiger partial charge in [-0.15, -0.1) is 0 Å². The molecule has 0 N–H and O–H groups in total. The highest BCUT2D eigenvalue weighted by Gasteiger charge is 2.25. The predicted molar refractivity (Wildman–Crippen MR) is 88.0 cm³/mol. The van der Waals surface area contributed by atoms with E-state index in [-0.39, 0.29) is 0 Å². The van der Waals surface area contributed by atoms with E-state index in [0.29, 0.717) is 11.3 Å². The second-order valence-corrected chi connectivity index (χ2v) is 5.99. The second-order valence-electron chi connectivity index (χ2n) is 5.99. The van der Waals surface area contributed by atoms with E-state index in [1.165, 1.54) is 24.7 Å². The third-order valence-corrected chi connectivity index (χ3v) is 3.97. The first-order chi connectivity index (χ1) is 9.55. The summed E-state index contributed by atoms with van der Waals surface area (Å²) in [7, 11) is 0. The summed E-state index contributed by atoms with van der Waals surface area (Å²) in [4.78, 5) is 10.5. The Hall–Kier alpha value is -1.90. The van der Waals surface area contributed by atoms with Gasteiger partial charge >= 0.3 is 0 Å². The SMILES string of the molecule is C=CN=C(N=C)c1ccc(N2CCC(C)(C)CC2)cc1. The van der Waals surface area contributed by atoms with Crippen LogP contribution in [0.5, 0.6) is 0 Å². The molecule has 0 bridgehead atoms. The summed E-state index contributed by atoms with van der Waals surface area (Å²) in [6, 6.07) is 8.37. The van der Waals surface area contributed by atoms with Crippen molar-refractivity contribution in [3.63, 3.8) is 0 Å². The van der Waals surface area contributed by atoms with Gasteiger partial charge in [-0.3, -0.25) is 0 Å². The van der Waals surface area contributed by atoms with Crippen LogP contribution in [0.4, 0.5) is 5.69 Å². The van der Waals surface area contributed by atoms with Crippen LogP contribution in [-0.2, 0) is 0 Å². The Morgan fingerprint density at radius 2 is 1.80 bits per heavy atom. The van der Waals surface area contributed by atoms with Gasteiger partial charge < -0.3 is 4.90 Å². The molecule has 1 aliphatic rings. The quantitative estimate of drug-likeness (QED) is 0.604. The van der Waals surface area contributed by atoms with Gasteiger partial charge in [0, 0.05) is 30.5 Å².